The molecule has 0 atom stereocenters. The van der Waals surface area contributed by atoms with Crippen LogP contribution in [0.25, 0.3) is 0 Å². The maximum Gasteiger partial charge on any atom is 0.257 e. The Labute approximate surface area is 161 Å². The van der Waals surface area contributed by atoms with Gasteiger partial charge in [-0.15, -0.1) is 0 Å². The molecule has 4 rings (SSSR count). The smallest absolute Gasteiger partial charge is 0.257 e. The van der Waals surface area contributed by atoms with Gasteiger partial charge in [0, 0.05) is 23.6 Å². The zero-order chi connectivity index (χ0) is 19.3. The van der Waals surface area contributed by atoms with Crippen LogP contribution in [-0.2, 0) is 0 Å². The molecule has 1 amide bonds. The molecule has 2 heterocycles. The van der Waals surface area contributed by atoms with Crippen LogP contribution in [0.4, 0.5) is 17.2 Å². The van der Waals surface area contributed by atoms with Gasteiger partial charge in [-0.2, -0.15) is 5.26 Å². The van der Waals surface area contributed by atoms with Crippen LogP contribution in [0, 0.1) is 11.3 Å². The summed E-state index contributed by atoms with van der Waals surface area (Å²) in [6.45, 7) is 1.01. The number of fused-ring (bicyclic) bond motifs is 1. The maximum atomic E-state index is 12.4. The number of carbonyl (C=O) groups is 1. The quantitative estimate of drug-likeness (QED) is 0.725. The molecule has 3 aromatic rings. The monoisotopic (exact) mass is 372 g/mol. The second-order valence-corrected chi connectivity index (χ2v) is 6.06. The number of hydrogen-bond donors (Lipinski definition) is 2. The summed E-state index contributed by atoms with van der Waals surface area (Å²) in [7, 11) is 0. The largest absolute Gasteiger partial charge is 0.486 e. The molecule has 7 nitrogen and oxygen atoms in total. The molecule has 138 valence electrons. The summed E-state index contributed by atoms with van der Waals surface area (Å²) >= 11 is 0. The van der Waals surface area contributed by atoms with Crippen molar-refractivity contribution in [2.45, 2.75) is 0 Å². The maximum absolute atomic E-state index is 12.4. The van der Waals surface area contributed by atoms with Crippen molar-refractivity contribution >= 4 is 23.1 Å². The van der Waals surface area contributed by atoms with Crippen LogP contribution in [0.3, 0.4) is 0 Å². The van der Waals surface area contributed by atoms with E-state index < -0.39 is 0 Å². The predicted octanol–water partition coefficient (Wildman–Crippen LogP) is 3.72. The van der Waals surface area contributed by atoms with Crippen LogP contribution in [-0.4, -0.2) is 24.1 Å². The molecule has 0 aliphatic carbocycles. The number of pyridine rings is 1. The Hall–Kier alpha value is -4.05. The van der Waals surface area contributed by atoms with Gasteiger partial charge in [-0.05, 0) is 48.5 Å². The number of nitrogens with one attached hydrogen (secondary N) is 2. The molecule has 2 N–H and O–H groups in total. The average molecular weight is 372 g/mol. The number of nitriles is 1. The minimum absolute atomic E-state index is 0.269. The summed E-state index contributed by atoms with van der Waals surface area (Å²) in [5.41, 5.74) is 2.44. The summed E-state index contributed by atoms with van der Waals surface area (Å²) in [5.74, 6) is 1.61. The molecule has 0 fully saturated rings. The van der Waals surface area contributed by atoms with Crippen molar-refractivity contribution in [3.8, 4) is 17.6 Å². The lowest BCUT2D eigenvalue weighted by atomic mass is 10.2. The summed E-state index contributed by atoms with van der Waals surface area (Å²) in [6, 6.07) is 17.8. The summed E-state index contributed by atoms with van der Waals surface area (Å²) in [4.78, 5) is 16.7. The molecular weight excluding hydrogens is 356 g/mol. The van der Waals surface area contributed by atoms with Crippen LogP contribution < -0.4 is 20.1 Å². The van der Waals surface area contributed by atoms with E-state index in [1.807, 2.05) is 0 Å². The van der Waals surface area contributed by atoms with Crippen molar-refractivity contribution in [3.63, 3.8) is 0 Å². The van der Waals surface area contributed by atoms with E-state index in [-0.39, 0.29) is 5.91 Å². The van der Waals surface area contributed by atoms with Crippen molar-refractivity contribution in [1.29, 1.82) is 5.26 Å². The van der Waals surface area contributed by atoms with Gasteiger partial charge in [0.2, 0.25) is 0 Å². The number of anilines is 3. The van der Waals surface area contributed by atoms with Crippen molar-refractivity contribution in [1.82, 2.24) is 4.98 Å². The molecular formula is C21H16N4O3. The number of nitrogens with zero attached hydrogens (tertiary/aromatic N) is 2. The highest BCUT2D eigenvalue weighted by Gasteiger charge is 2.13. The Kier molecular flexibility index (Phi) is 4.76. The van der Waals surface area contributed by atoms with Crippen molar-refractivity contribution in [2.75, 3.05) is 23.8 Å². The van der Waals surface area contributed by atoms with Gasteiger partial charge in [0.1, 0.15) is 19.0 Å². The Bertz CT molecular complexity index is 1040. The number of aromatic nitrogens is 1. The SMILES string of the molecule is N#Cc1ccc(Nc2ccc(C(=O)Nc3ccc4c(c3)OCCO4)cn2)cc1. The number of amides is 1. The molecule has 0 unspecified atom stereocenters. The van der Waals surface area contributed by atoms with Gasteiger partial charge in [-0.25, -0.2) is 4.98 Å². The van der Waals surface area contributed by atoms with Crippen molar-refractivity contribution in [3.05, 3.63) is 71.9 Å². The topological polar surface area (TPSA) is 96.3 Å². The third-order valence-electron chi connectivity index (χ3n) is 4.11. The number of benzene rings is 2. The standard InChI is InChI=1S/C21H16N4O3/c22-12-14-1-4-16(5-2-14)24-20-8-3-15(13-23-20)21(26)25-17-6-7-18-19(11-17)28-10-9-27-18/h1-8,11,13H,9-10H2,(H,23,24)(H,25,26). The number of hydrogen-bond acceptors (Lipinski definition) is 6. The molecule has 1 aliphatic heterocycles. The summed E-state index contributed by atoms with van der Waals surface area (Å²) < 4.78 is 11.0. The van der Waals surface area contributed by atoms with E-state index in [9.17, 15) is 4.79 Å². The Morgan fingerprint density at radius 3 is 2.43 bits per heavy atom. The molecule has 1 aromatic heterocycles. The Balaban J connectivity index is 1.41. The first kappa shape index (κ1) is 17.4. The van der Waals surface area contributed by atoms with Crippen LogP contribution in [0.15, 0.2) is 60.8 Å². The van der Waals surface area contributed by atoms with E-state index in [2.05, 4.69) is 21.7 Å². The highest BCUT2D eigenvalue weighted by molar-refractivity contribution is 6.04. The van der Waals surface area contributed by atoms with Gasteiger partial charge in [0.05, 0.1) is 17.2 Å². The molecule has 28 heavy (non-hydrogen) atoms. The Morgan fingerprint density at radius 2 is 1.71 bits per heavy atom. The molecule has 0 spiro atoms. The molecule has 0 radical (unpaired) electrons. The first-order chi connectivity index (χ1) is 13.7. The molecule has 0 saturated heterocycles. The van der Waals surface area contributed by atoms with Crippen molar-refractivity contribution in [2.24, 2.45) is 0 Å². The number of ether oxygens (including phenoxy) is 2. The van der Waals surface area contributed by atoms with Gasteiger partial charge >= 0.3 is 0 Å². The van der Waals surface area contributed by atoms with E-state index in [1.165, 1.54) is 6.20 Å². The van der Waals surface area contributed by atoms with Crippen LogP contribution >= 0.6 is 0 Å². The van der Waals surface area contributed by atoms with E-state index in [1.54, 1.807) is 54.6 Å². The molecule has 0 saturated carbocycles. The molecule has 1 aliphatic rings. The highest BCUT2D eigenvalue weighted by atomic mass is 16.6. The van der Waals surface area contributed by atoms with Gasteiger partial charge in [0.25, 0.3) is 5.91 Å². The highest BCUT2D eigenvalue weighted by Crippen LogP contribution is 2.32. The molecule has 2 aromatic carbocycles. The fourth-order valence-electron chi connectivity index (χ4n) is 2.70. The Morgan fingerprint density at radius 1 is 0.964 bits per heavy atom. The lowest BCUT2D eigenvalue weighted by molar-refractivity contribution is 0.102. The van der Waals surface area contributed by atoms with Crippen LogP contribution in [0.2, 0.25) is 0 Å². The minimum Gasteiger partial charge on any atom is -0.486 e. The fraction of sp³-hybridized carbons (Fsp3) is 0.0952. The first-order valence-corrected chi connectivity index (χ1v) is 8.65. The van der Waals surface area contributed by atoms with Crippen molar-refractivity contribution < 1.29 is 14.3 Å². The summed E-state index contributed by atoms with van der Waals surface area (Å²) in [5, 5.41) is 14.8. The fourth-order valence-corrected chi connectivity index (χ4v) is 2.70. The third kappa shape index (κ3) is 3.86. The van der Waals surface area contributed by atoms with E-state index >= 15 is 0 Å². The van der Waals surface area contributed by atoms with Gasteiger partial charge < -0.3 is 20.1 Å². The third-order valence-corrected chi connectivity index (χ3v) is 4.11. The average Bonchev–Trinajstić information content (AvgIpc) is 2.75. The molecule has 7 heteroatoms. The zero-order valence-corrected chi connectivity index (χ0v) is 14.8. The van der Waals surface area contributed by atoms with E-state index in [4.69, 9.17) is 14.7 Å². The van der Waals surface area contributed by atoms with Crippen LogP contribution in [0.1, 0.15) is 15.9 Å². The lowest BCUT2D eigenvalue weighted by Crippen LogP contribution is -2.16. The second-order valence-electron chi connectivity index (χ2n) is 6.06. The minimum atomic E-state index is -0.269. The number of carbonyl (C=O) groups excluding carboxylic acids is 1. The number of rotatable bonds is 4. The van der Waals surface area contributed by atoms with Gasteiger partial charge in [-0.1, -0.05) is 0 Å². The summed E-state index contributed by atoms with van der Waals surface area (Å²) in [6.07, 6.45) is 1.50. The van der Waals surface area contributed by atoms with Gasteiger partial charge in [-0.3, -0.25) is 4.79 Å². The molecule has 0 bridgehead atoms. The normalized spacial score (nSPS) is 12.0. The van der Waals surface area contributed by atoms with E-state index in [0.717, 1.165) is 5.69 Å². The lowest BCUT2D eigenvalue weighted by Gasteiger charge is -2.19. The second kappa shape index (κ2) is 7.68. The van der Waals surface area contributed by atoms with Crippen LogP contribution in [0.5, 0.6) is 11.5 Å². The van der Waals surface area contributed by atoms with E-state index in [0.29, 0.717) is 47.3 Å². The predicted molar refractivity (Wildman–Crippen MR) is 104 cm³/mol. The zero-order valence-electron chi connectivity index (χ0n) is 14.8. The first-order valence-electron chi connectivity index (χ1n) is 8.65. The van der Waals surface area contributed by atoms with Gasteiger partial charge in [0.15, 0.2) is 11.5 Å².